The molecule has 0 saturated heterocycles. The average molecular weight is 526 g/mol. The van der Waals surface area contributed by atoms with Crippen LogP contribution < -0.4 is 10.6 Å². The Balaban J connectivity index is 1.34. The number of hydrogen-bond acceptors (Lipinski definition) is 7. The molecule has 0 spiro atoms. The molecule has 0 bridgehead atoms. The monoisotopic (exact) mass is 525 g/mol. The van der Waals surface area contributed by atoms with Gasteiger partial charge in [-0.2, -0.15) is 0 Å². The van der Waals surface area contributed by atoms with Gasteiger partial charge in [0.1, 0.15) is 12.4 Å². The first-order chi connectivity index (χ1) is 19.0. The number of furan rings is 1. The van der Waals surface area contributed by atoms with Crippen LogP contribution in [0.3, 0.4) is 0 Å². The van der Waals surface area contributed by atoms with Gasteiger partial charge in [-0.1, -0.05) is 30.9 Å². The Labute approximate surface area is 227 Å². The van der Waals surface area contributed by atoms with Crippen LogP contribution in [0.2, 0.25) is 0 Å². The highest BCUT2D eigenvalue weighted by molar-refractivity contribution is 5.93. The third kappa shape index (κ3) is 5.93. The molecule has 1 unspecified atom stereocenters. The Hall–Kier alpha value is -4.66. The normalized spacial score (nSPS) is 17.2. The number of anilines is 1. The van der Waals surface area contributed by atoms with Crippen LogP contribution in [0.4, 0.5) is 5.69 Å². The van der Waals surface area contributed by atoms with E-state index >= 15 is 0 Å². The number of carbonyl (C=O) groups is 2. The van der Waals surface area contributed by atoms with Gasteiger partial charge in [0.05, 0.1) is 23.6 Å². The maximum atomic E-state index is 13.7. The van der Waals surface area contributed by atoms with Gasteiger partial charge in [-0.3, -0.25) is 19.6 Å². The highest BCUT2D eigenvalue weighted by Crippen LogP contribution is 2.30. The summed E-state index contributed by atoms with van der Waals surface area (Å²) in [6.45, 7) is 5.52. The molecule has 0 saturated carbocycles. The molecule has 1 aromatic carbocycles. The first-order valence-corrected chi connectivity index (χ1v) is 12.9. The molecule has 2 N–H and O–H groups in total. The summed E-state index contributed by atoms with van der Waals surface area (Å²) < 4.78 is 11.7. The lowest BCUT2D eigenvalue weighted by Gasteiger charge is -2.29. The molecule has 1 aliphatic heterocycles. The van der Waals surface area contributed by atoms with Crippen molar-refractivity contribution in [3.63, 3.8) is 0 Å². The summed E-state index contributed by atoms with van der Waals surface area (Å²) in [5, 5.41) is 6.15. The average Bonchev–Trinajstić information content (AvgIpc) is 3.33. The van der Waals surface area contributed by atoms with Crippen LogP contribution in [-0.2, 0) is 16.1 Å². The minimum Gasteiger partial charge on any atom is -0.493 e. The molecular formula is C30H31N5O4. The van der Waals surface area contributed by atoms with E-state index in [-0.39, 0.29) is 30.7 Å². The van der Waals surface area contributed by atoms with Crippen molar-refractivity contribution in [1.29, 1.82) is 0 Å². The summed E-state index contributed by atoms with van der Waals surface area (Å²) in [7, 11) is 1.61. The van der Waals surface area contributed by atoms with E-state index in [4.69, 9.17) is 9.15 Å². The second kappa shape index (κ2) is 11.8. The van der Waals surface area contributed by atoms with E-state index in [1.165, 1.54) is 6.26 Å². The Bertz CT molecular complexity index is 1440. The number of ether oxygens (including phenoxy) is 1. The predicted octanol–water partition coefficient (Wildman–Crippen LogP) is 4.38. The minimum absolute atomic E-state index is 0.139. The van der Waals surface area contributed by atoms with Gasteiger partial charge in [0.2, 0.25) is 5.91 Å². The molecule has 0 radical (unpaired) electrons. The molecule has 9 heteroatoms. The zero-order valence-corrected chi connectivity index (χ0v) is 21.9. The number of nitrogens with one attached hydrogen (secondary N) is 2. The van der Waals surface area contributed by atoms with Gasteiger partial charge in [-0.15, -0.1) is 0 Å². The molecule has 1 atom stereocenters. The molecule has 200 valence electrons. The van der Waals surface area contributed by atoms with Gasteiger partial charge in [0, 0.05) is 68.4 Å². The van der Waals surface area contributed by atoms with Crippen molar-refractivity contribution < 1.29 is 18.7 Å². The number of aromatic nitrogens is 2. The smallest absolute Gasteiger partial charge is 0.290 e. The second-order valence-corrected chi connectivity index (χ2v) is 9.45. The largest absolute Gasteiger partial charge is 0.493 e. The maximum Gasteiger partial charge on any atom is 0.290 e. The predicted molar refractivity (Wildman–Crippen MR) is 149 cm³/mol. The zero-order valence-electron chi connectivity index (χ0n) is 21.9. The molecule has 3 heterocycles. The molecule has 2 aromatic heterocycles. The van der Waals surface area contributed by atoms with Gasteiger partial charge < -0.3 is 24.7 Å². The van der Waals surface area contributed by atoms with Crippen molar-refractivity contribution >= 4 is 35.2 Å². The van der Waals surface area contributed by atoms with Crippen LogP contribution in [0.1, 0.15) is 45.9 Å². The first kappa shape index (κ1) is 26.0. The molecule has 3 aromatic rings. The summed E-state index contributed by atoms with van der Waals surface area (Å²) in [5.74, 6) is 0.0212. The number of fused-ring (bicyclic) bond motifs is 2. The molecule has 1 aliphatic carbocycles. The lowest BCUT2D eigenvalue weighted by molar-refractivity contribution is -0.124. The van der Waals surface area contributed by atoms with Crippen LogP contribution in [0.15, 0.2) is 71.8 Å². The van der Waals surface area contributed by atoms with Crippen LogP contribution in [0.25, 0.3) is 17.7 Å². The summed E-state index contributed by atoms with van der Waals surface area (Å²) in [4.78, 5) is 36.9. The topological polar surface area (TPSA) is 110 Å². The third-order valence-corrected chi connectivity index (χ3v) is 6.85. The lowest BCUT2D eigenvalue weighted by atomic mass is 9.92. The third-order valence-electron chi connectivity index (χ3n) is 6.85. The van der Waals surface area contributed by atoms with Gasteiger partial charge in [0.25, 0.3) is 5.91 Å². The van der Waals surface area contributed by atoms with Crippen molar-refractivity contribution in [1.82, 2.24) is 20.2 Å². The summed E-state index contributed by atoms with van der Waals surface area (Å²) in [6.07, 6.45) is 11.5. The van der Waals surface area contributed by atoms with Crippen molar-refractivity contribution in [3.05, 3.63) is 95.7 Å². The van der Waals surface area contributed by atoms with Gasteiger partial charge in [-0.05, 0) is 30.2 Å². The lowest BCUT2D eigenvalue weighted by Crippen LogP contribution is -2.43. The SMILES string of the molecule is C=C1CC(C(=O)NC)CN(C(=O)c2occc2COC2=Cc3nccnc3C=CC2)CCNc2ccccc21. The standard InChI is InChI=1S/C30H31N5O4/c1-20-16-22(29(36)31-2)18-35(14-13-34-25-8-4-3-7-24(20)25)30(37)28-21(10-15-38-28)19-39-23-6-5-9-26-27(17-23)33-12-11-32-26/h3-5,7-12,15,17,22,34H,1,6,13-14,16,18-19H2,2H3,(H,31,36). The summed E-state index contributed by atoms with van der Waals surface area (Å²) in [5.41, 5.74) is 4.89. The van der Waals surface area contributed by atoms with E-state index in [9.17, 15) is 9.59 Å². The molecule has 9 nitrogen and oxygen atoms in total. The minimum atomic E-state index is -0.462. The molecule has 5 rings (SSSR count). The molecule has 2 amide bonds. The van der Waals surface area contributed by atoms with E-state index in [0.717, 1.165) is 28.2 Å². The van der Waals surface area contributed by atoms with Crippen LogP contribution in [0, 0.1) is 5.92 Å². The van der Waals surface area contributed by atoms with Crippen LogP contribution in [0.5, 0.6) is 0 Å². The van der Waals surface area contributed by atoms with Gasteiger partial charge in [0.15, 0.2) is 5.76 Å². The fourth-order valence-corrected chi connectivity index (χ4v) is 4.81. The van der Waals surface area contributed by atoms with Crippen molar-refractivity contribution in [2.45, 2.75) is 19.4 Å². The Kier molecular flexibility index (Phi) is 7.86. The Morgan fingerprint density at radius 3 is 2.87 bits per heavy atom. The fourth-order valence-electron chi connectivity index (χ4n) is 4.81. The number of benzene rings is 1. The first-order valence-electron chi connectivity index (χ1n) is 12.9. The van der Waals surface area contributed by atoms with Gasteiger partial charge in [-0.25, -0.2) is 0 Å². The van der Waals surface area contributed by atoms with Crippen molar-refractivity contribution in [3.8, 4) is 0 Å². The van der Waals surface area contributed by atoms with Crippen LogP contribution in [-0.4, -0.2) is 53.4 Å². The number of nitrogens with zero attached hydrogens (tertiary/aromatic N) is 3. The number of allylic oxidation sites excluding steroid dienone is 2. The highest BCUT2D eigenvalue weighted by Gasteiger charge is 2.29. The number of para-hydroxylation sites is 1. The second-order valence-electron chi connectivity index (χ2n) is 9.45. The van der Waals surface area contributed by atoms with E-state index in [0.29, 0.717) is 37.3 Å². The fraction of sp³-hybridized carbons (Fsp3) is 0.267. The summed E-state index contributed by atoms with van der Waals surface area (Å²) in [6, 6.07) is 9.62. The zero-order chi connectivity index (χ0) is 27.2. The Morgan fingerprint density at radius 1 is 1.21 bits per heavy atom. The number of carbonyl (C=O) groups excluding carboxylic acids is 2. The highest BCUT2D eigenvalue weighted by atomic mass is 16.5. The van der Waals surface area contributed by atoms with E-state index in [2.05, 4.69) is 27.2 Å². The summed E-state index contributed by atoms with van der Waals surface area (Å²) >= 11 is 0. The molecule has 2 aliphatic rings. The number of hydrogen-bond donors (Lipinski definition) is 2. The molecule has 0 fully saturated rings. The molecular weight excluding hydrogens is 494 g/mol. The van der Waals surface area contributed by atoms with E-state index in [1.807, 2.05) is 42.5 Å². The maximum absolute atomic E-state index is 13.7. The quantitative estimate of drug-likeness (QED) is 0.509. The van der Waals surface area contributed by atoms with Crippen molar-refractivity contribution in [2.75, 3.05) is 32.0 Å². The van der Waals surface area contributed by atoms with E-state index < -0.39 is 5.92 Å². The number of amides is 2. The van der Waals surface area contributed by atoms with Gasteiger partial charge >= 0.3 is 0 Å². The Morgan fingerprint density at radius 2 is 2.03 bits per heavy atom. The number of rotatable bonds is 5. The van der Waals surface area contributed by atoms with Crippen molar-refractivity contribution in [2.24, 2.45) is 5.92 Å². The van der Waals surface area contributed by atoms with Crippen LogP contribution >= 0.6 is 0 Å². The van der Waals surface area contributed by atoms with E-state index in [1.54, 1.807) is 30.4 Å². The molecule has 39 heavy (non-hydrogen) atoms.